The van der Waals surface area contributed by atoms with Crippen LogP contribution in [0.1, 0.15) is 83.1 Å². The second-order valence-electron chi connectivity index (χ2n) is 11.3. The summed E-state index contributed by atoms with van der Waals surface area (Å²) in [5.74, 6) is 0.842. The molecule has 3 N–H and O–H groups in total. The van der Waals surface area contributed by atoms with Crippen molar-refractivity contribution >= 4 is 7.82 Å². The molecule has 0 amide bonds. The lowest BCUT2D eigenvalue weighted by atomic mass is 9.43. The Morgan fingerprint density at radius 2 is 1.81 bits per heavy atom. The van der Waals surface area contributed by atoms with Gasteiger partial charge in [-0.05, 0) is 98.5 Å². The van der Waals surface area contributed by atoms with Crippen molar-refractivity contribution in [1.29, 1.82) is 0 Å². The maximum absolute atomic E-state index is 12.3. The minimum atomic E-state index is -4.73. The third-order valence-electron chi connectivity index (χ3n) is 10.2. The van der Waals surface area contributed by atoms with Crippen molar-refractivity contribution in [3.05, 3.63) is 34.4 Å². The van der Waals surface area contributed by atoms with Crippen LogP contribution in [0.3, 0.4) is 0 Å². The molecular formula is C24H35O7P. The third kappa shape index (κ3) is 3.31. The van der Waals surface area contributed by atoms with Crippen molar-refractivity contribution in [3.63, 3.8) is 0 Å². The molecule has 4 aliphatic rings. The number of rotatable bonds is 3. The molecule has 8 unspecified atom stereocenters. The van der Waals surface area contributed by atoms with Crippen molar-refractivity contribution in [3.8, 4) is 0 Å². The topological polar surface area (TPSA) is 117 Å². The maximum atomic E-state index is 12.3. The Morgan fingerprint density at radius 1 is 1.03 bits per heavy atom. The Balaban J connectivity index is 1.57. The van der Waals surface area contributed by atoms with Crippen LogP contribution in [0.25, 0.3) is 0 Å². The molecule has 8 heteroatoms. The second kappa shape index (κ2) is 7.51. The predicted molar refractivity (Wildman–Crippen MR) is 118 cm³/mol. The van der Waals surface area contributed by atoms with E-state index in [9.17, 15) is 24.3 Å². The first kappa shape index (κ1) is 22.8. The molecule has 0 aliphatic heterocycles. The van der Waals surface area contributed by atoms with E-state index in [0.29, 0.717) is 18.3 Å². The Bertz CT molecular complexity index is 966. The van der Waals surface area contributed by atoms with Crippen molar-refractivity contribution in [2.24, 2.45) is 28.6 Å². The number of aliphatic hydroxyl groups is 1. The Labute approximate surface area is 188 Å². The predicted octanol–water partition coefficient (Wildman–Crippen LogP) is 4.36. The molecule has 7 nitrogen and oxygen atoms in total. The molecule has 0 saturated heterocycles. The van der Waals surface area contributed by atoms with Crippen molar-refractivity contribution in [2.45, 2.75) is 89.3 Å². The van der Waals surface area contributed by atoms with E-state index < -0.39 is 24.5 Å². The van der Waals surface area contributed by atoms with E-state index >= 15 is 0 Å². The van der Waals surface area contributed by atoms with Gasteiger partial charge in [0, 0.05) is 11.5 Å². The van der Waals surface area contributed by atoms with E-state index in [2.05, 4.69) is 13.8 Å². The maximum Gasteiger partial charge on any atom is 0.470 e. The monoisotopic (exact) mass is 466 g/mol. The molecule has 8 atom stereocenters. The molecule has 1 aromatic rings. The lowest BCUT2D eigenvalue weighted by molar-refractivity contribution is -0.198. The van der Waals surface area contributed by atoms with Crippen LogP contribution < -0.4 is 5.63 Å². The molecule has 0 radical (unpaired) electrons. The highest BCUT2D eigenvalue weighted by Crippen LogP contribution is 2.73. The van der Waals surface area contributed by atoms with Gasteiger partial charge in [-0.15, -0.1) is 0 Å². The number of phosphoric ester groups is 1. The molecule has 4 aliphatic carbocycles. The molecule has 32 heavy (non-hydrogen) atoms. The summed E-state index contributed by atoms with van der Waals surface area (Å²) in [5.41, 5.74) is -0.815. The van der Waals surface area contributed by atoms with E-state index in [1.165, 1.54) is 12.3 Å². The average Bonchev–Trinajstić information content (AvgIpc) is 3.00. The molecule has 4 saturated carbocycles. The fraction of sp³-hybridized carbons (Fsp3) is 0.792. The van der Waals surface area contributed by atoms with Gasteiger partial charge in [0.25, 0.3) is 0 Å². The third-order valence-corrected chi connectivity index (χ3v) is 10.7. The van der Waals surface area contributed by atoms with Gasteiger partial charge in [0.2, 0.25) is 0 Å². The SMILES string of the molecule is CC12CCC(O)CC1CCC1C2CCC2(C)C(c3ccc(=O)oc3)CCC12OP(=O)(O)O. The van der Waals surface area contributed by atoms with Crippen LogP contribution in [0.15, 0.2) is 27.6 Å². The zero-order chi connectivity index (χ0) is 22.9. The zero-order valence-corrected chi connectivity index (χ0v) is 19.8. The summed E-state index contributed by atoms with van der Waals surface area (Å²) in [6.45, 7) is 4.47. The van der Waals surface area contributed by atoms with E-state index in [1.807, 2.05) is 0 Å². The second-order valence-corrected chi connectivity index (χ2v) is 12.5. The molecule has 0 spiro atoms. The molecule has 0 aromatic carbocycles. The Hall–Kier alpha value is -0.980. The summed E-state index contributed by atoms with van der Waals surface area (Å²) in [7, 11) is -4.73. The minimum Gasteiger partial charge on any atom is -0.431 e. The fourth-order valence-corrected chi connectivity index (χ4v) is 9.56. The molecule has 0 bridgehead atoms. The van der Waals surface area contributed by atoms with E-state index in [0.717, 1.165) is 56.9 Å². The number of hydrogen-bond donors (Lipinski definition) is 3. The summed E-state index contributed by atoms with van der Waals surface area (Å²) in [6, 6.07) is 3.22. The quantitative estimate of drug-likeness (QED) is 0.567. The van der Waals surface area contributed by atoms with Crippen LogP contribution >= 0.6 is 7.82 Å². The highest BCUT2D eigenvalue weighted by Gasteiger charge is 2.70. The molecule has 1 aromatic heterocycles. The Morgan fingerprint density at radius 3 is 2.50 bits per heavy atom. The van der Waals surface area contributed by atoms with Crippen LogP contribution in [-0.4, -0.2) is 26.6 Å². The van der Waals surface area contributed by atoms with Crippen molar-refractivity contribution in [2.75, 3.05) is 0 Å². The van der Waals surface area contributed by atoms with Crippen LogP contribution in [0.4, 0.5) is 0 Å². The van der Waals surface area contributed by atoms with Gasteiger partial charge in [-0.3, -0.25) is 4.52 Å². The van der Waals surface area contributed by atoms with E-state index in [1.54, 1.807) is 6.07 Å². The number of fused-ring (bicyclic) bond motifs is 5. The number of phosphoric acid groups is 1. The van der Waals surface area contributed by atoms with Gasteiger partial charge in [-0.2, -0.15) is 0 Å². The van der Waals surface area contributed by atoms with Crippen molar-refractivity contribution < 1.29 is 28.4 Å². The Kier molecular flexibility index (Phi) is 5.35. The van der Waals surface area contributed by atoms with Gasteiger partial charge in [0.15, 0.2) is 0 Å². The smallest absolute Gasteiger partial charge is 0.431 e. The standard InChI is InChI=1S/C24H35O7P/c1-22-10-7-17(25)13-16(22)4-5-20-19(22)8-11-23(2)18(15-3-6-21(26)30-14-15)9-12-24(20,23)31-32(27,28)29/h3,6,14,16-20,25H,4-5,7-13H2,1-2H3,(H2,27,28,29). The summed E-state index contributed by atoms with van der Waals surface area (Å²) in [6.07, 6.45) is 8.81. The first-order chi connectivity index (χ1) is 15.0. The van der Waals surface area contributed by atoms with Gasteiger partial charge < -0.3 is 19.3 Å². The van der Waals surface area contributed by atoms with Gasteiger partial charge >= 0.3 is 13.4 Å². The molecule has 178 valence electrons. The van der Waals surface area contributed by atoms with Crippen LogP contribution in [0, 0.1) is 28.6 Å². The van der Waals surface area contributed by atoms with Crippen LogP contribution in [0.2, 0.25) is 0 Å². The lowest BCUT2D eigenvalue weighted by Gasteiger charge is -2.64. The number of hydrogen-bond acceptors (Lipinski definition) is 5. The first-order valence-electron chi connectivity index (χ1n) is 12.0. The molecule has 4 fully saturated rings. The highest BCUT2D eigenvalue weighted by atomic mass is 31.2. The first-order valence-corrected chi connectivity index (χ1v) is 13.5. The van der Waals surface area contributed by atoms with Gasteiger partial charge in [-0.1, -0.05) is 13.8 Å². The largest absolute Gasteiger partial charge is 0.470 e. The van der Waals surface area contributed by atoms with Gasteiger partial charge in [0.1, 0.15) is 0 Å². The molecule has 5 rings (SSSR count). The highest BCUT2D eigenvalue weighted by molar-refractivity contribution is 7.46. The molecular weight excluding hydrogens is 431 g/mol. The summed E-state index contributed by atoms with van der Waals surface area (Å²) in [4.78, 5) is 31.6. The summed E-state index contributed by atoms with van der Waals surface area (Å²) >= 11 is 0. The van der Waals surface area contributed by atoms with E-state index in [4.69, 9.17) is 8.94 Å². The fourth-order valence-electron chi connectivity index (χ4n) is 8.70. The summed E-state index contributed by atoms with van der Waals surface area (Å²) < 4.78 is 23.4. The van der Waals surface area contributed by atoms with E-state index in [-0.39, 0.29) is 23.4 Å². The lowest BCUT2D eigenvalue weighted by Crippen LogP contribution is -2.62. The van der Waals surface area contributed by atoms with Crippen LogP contribution in [-0.2, 0) is 9.09 Å². The zero-order valence-electron chi connectivity index (χ0n) is 18.9. The van der Waals surface area contributed by atoms with Gasteiger partial charge in [0.05, 0.1) is 18.0 Å². The number of aliphatic hydroxyl groups excluding tert-OH is 1. The van der Waals surface area contributed by atoms with Gasteiger partial charge in [-0.25, -0.2) is 9.36 Å². The van der Waals surface area contributed by atoms with Crippen molar-refractivity contribution in [1.82, 2.24) is 0 Å². The normalized spacial score (nSPS) is 46.2. The molecule has 1 heterocycles. The summed E-state index contributed by atoms with van der Waals surface area (Å²) in [5, 5.41) is 10.3. The van der Waals surface area contributed by atoms with Crippen LogP contribution in [0.5, 0.6) is 0 Å². The average molecular weight is 467 g/mol. The minimum absolute atomic E-state index is 0.0121.